The summed E-state index contributed by atoms with van der Waals surface area (Å²) >= 11 is 0. The number of hydrogen-bond acceptors (Lipinski definition) is 1. The molecule has 0 aliphatic rings. The Morgan fingerprint density at radius 2 is 0.778 bits per heavy atom. The van der Waals surface area contributed by atoms with Gasteiger partial charge in [0.15, 0.2) is 0 Å². The van der Waals surface area contributed by atoms with Crippen LogP contribution < -0.4 is 0 Å². The Morgan fingerprint density at radius 1 is 0.444 bits per heavy atom. The molecule has 0 aliphatic carbocycles. The fourth-order valence-corrected chi connectivity index (χ4v) is 3.52. The summed E-state index contributed by atoms with van der Waals surface area (Å²) in [5.41, 5.74) is 0. The van der Waals surface area contributed by atoms with E-state index in [-0.39, 0.29) is 0 Å². The monoisotopic (exact) mass is 377 g/mol. The Kier molecular flexibility index (Phi) is 22.7. The van der Waals surface area contributed by atoms with Crippen LogP contribution >= 0.6 is 0 Å². The topological polar surface area (TPSA) is 3.24 Å². The molecule has 0 N–H and O–H groups in total. The summed E-state index contributed by atoms with van der Waals surface area (Å²) in [5.74, 6) is 0. The summed E-state index contributed by atoms with van der Waals surface area (Å²) in [6.07, 6.45) is 34.3. The molecule has 1 nitrogen and oxygen atoms in total. The number of hydrogen-bond donors (Lipinski definition) is 0. The average molecular weight is 378 g/mol. The van der Waals surface area contributed by atoms with Crippen molar-refractivity contribution in [3.8, 4) is 0 Å². The van der Waals surface area contributed by atoms with E-state index in [1.165, 1.54) is 109 Å². The molecule has 0 saturated heterocycles. The van der Waals surface area contributed by atoms with Gasteiger partial charge < -0.3 is 4.90 Å². The van der Waals surface area contributed by atoms with Crippen molar-refractivity contribution in [2.45, 2.75) is 136 Å². The van der Waals surface area contributed by atoms with Gasteiger partial charge in [-0.3, -0.25) is 0 Å². The SMILES string of the molecule is CCC=CN(C=CCC)CCCCCCCCCCCCCCCCCC. The Balaban J connectivity index is 3.32. The summed E-state index contributed by atoms with van der Waals surface area (Å²) in [7, 11) is 0. The second kappa shape index (κ2) is 23.3. The predicted octanol–water partition coefficient (Wildman–Crippen LogP) is 9.40. The van der Waals surface area contributed by atoms with Gasteiger partial charge in [-0.1, -0.05) is 129 Å². The molecule has 0 amide bonds. The number of nitrogens with zero attached hydrogens (tertiary/aromatic N) is 1. The molecular weight excluding hydrogens is 326 g/mol. The van der Waals surface area contributed by atoms with Gasteiger partial charge >= 0.3 is 0 Å². The van der Waals surface area contributed by atoms with Crippen LogP contribution in [0.4, 0.5) is 0 Å². The Hall–Kier alpha value is -0.720. The normalized spacial score (nSPS) is 11.8. The molecule has 0 atom stereocenters. The van der Waals surface area contributed by atoms with Crippen LogP contribution in [0.2, 0.25) is 0 Å². The van der Waals surface area contributed by atoms with E-state index in [9.17, 15) is 0 Å². The van der Waals surface area contributed by atoms with E-state index in [2.05, 4.69) is 50.2 Å². The standard InChI is InChI=1S/C26H51N/c1-4-7-10-11-12-13-14-15-16-17-18-19-20-21-22-23-26-27(24-8-5-2)25-9-6-3/h8-9,24-25H,4-7,10-23,26H2,1-3H3. The number of unbranched alkanes of at least 4 members (excludes halogenated alkanes) is 15. The fourth-order valence-electron chi connectivity index (χ4n) is 3.52. The molecule has 0 heterocycles. The first kappa shape index (κ1) is 26.3. The molecule has 0 aromatic carbocycles. The van der Waals surface area contributed by atoms with Gasteiger partial charge in [0, 0.05) is 6.54 Å². The zero-order chi connectivity index (χ0) is 19.8. The van der Waals surface area contributed by atoms with E-state index in [0.717, 1.165) is 12.8 Å². The second-order valence-electron chi connectivity index (χ2n) is 8.13. The molecule has 27 heavy (non-hydrogen) atoms. The third-order valence-electron chi connectivity index (χ3n) is 5.34. The maximum atomic E-state index is 2.36. The van der Waals surface area contributed by atoms with Crippen molar-refractivity contribution in [2.75, 3.05) is 6.54 Å². The van der Waals surface area contributed by atoms with Gasteiger partial charge in [-0.05, 0) is 31.7 Å². The van der Waals surface area contributed by atoms with Crippen molar-refractivity contribution in [3.05, 3.63) is 24.6 Å². The molecule has 0 aliphatic heterocycles. The van der Waals surface area contributed by atoms with Gasteiger partial charge in [0.1, 0.15) is 0 Å². The van der Waals surface area contributed by atoms with E-state index in [4.69, 9.17) is 0 Å². The van der Waals surface area contributed by atoms with Gasteiger partial charge in [-0.15, -0.1) is 0 Å². The molecule has 0 unspecified atom stereocenters. The molecule has 0 radical (unpaired) electrons. The lowest BCUT2D eigenvalue weighted by molar-refractivity contribution is 0.461. The molecule has 0 bridgehead atoms. The van der Waals surface area contributed by atoms with Crippen LogP contribution in [-0.4, -0.2) is 11.4 Å². The molecule has 0 saturated carbocycles. The minimum atomic E-state index is 1.12. The van der Waals surface area contributed by atoms with Crippen LogP contribution in [0.5, 0.6) is 0 Å². The van der Waals surface area contributed by atoms with E-state index >= 15 is 0 Å². The Morgan fingerprint density at radius 3 is 1.11 bits per heavy atom. The van der Waals surface area contributed by atoms with Crippen LogP contribution in [0.1, 0.15) is 136 Å². The first-order chi connectivity index (χ1) is 13.3. The quantitative estimate of drug-likeness (QED) is 0.180. The van der Waals surface area contributed by atoms with Crippen LogP contribution in [0.25, 0.3) is 0 Å². The highest BCUT2D eigenvalue weighted by molar-refractivity contribution is 4.91. The van der Waals surface area contributed by atoms with Crippen LogP contribution in [0, 0.1) is 0 Å². The summed E-state index contributed by atoms with van der Waals surface area (Å²) in [4.78, 5) is 2.36. The predicted molar refractivity (Wildman–Crippen MR) is 125 cm³/mol. The lowest BCUT2D eigenvalue weighted by atomic mass is 10.0. The van der Waals surface area contributed by atoms with E-state index in [1.807, 2.05) is 0 Å². The smallest absolute Gasteiger partial charge is 0.0219 e. The molecule has 0 rings (SSSR count). The first-order valence-corrected chi connectivity index (χ1v) is 12.4. The largest absolute Gasteiger partial charge is 0.355 e. The van der Waals surface area contributed by atoms with Crippen LogP contribution in [-0.2, 0) is 0 Å². The van der Waals surface area contributed by atoms with Gasteiger partial charge in [-0.25, -0.2) is 0 Å². The van der Waals surface area contributed by atoms with Crippen molar-refractivity contribution in [3.63, 3.8) is 0 Å². The summed E-state index contributed by atoms with van der Waals surface area (Å²) in [6, 6.07) is 0. The number of allylic oxidation sites excluding steroid dienone is 2. The van der Waals surface area contributed by atoms with Crippen molar-refractivity contribution >= 4 is 0 Å². The van der Waals surface area contributed by atoms with Crippen molar-refractivity contribution in [2.24, 2.45) is 0 Å². The fraction of sp³-hybridized carbons (Fsp3) is 0.846. The molecule has 0 fully saturated rings. The molecule has 0 aromatic heterocycles. The highest BCUT2D eigenvalue weighted by atomic mass is 15.1. The summed E-state index contributed by atoms with van der Waals surface area (Å²) in [6.45, 7) is 7.87. The van der Waals surface area contributed by atoms with Crippen molar-refractivity contribution < 1.29 is 0 Å². The second-order valence-corrected chi connectivity index (χ2v) is 8.13. The zero-order valence-electron chi connectivity index (χ0n) is 19.2. The summed E-state index contributed by atoms with van der Waals surface area (Å²) < 4.78 is 0. The minimum absolute atomic E-state index is 1.12. The minimum Gasteiger partial charge on any atom is -0.355 e. The molecule has 0 aromatic rings. The third kappa shape index (κ3) is 21.4. The van der Waals surface area contributed by atoms with E-state index < -0.39 is 0 Å². The molecule has 1 heteroatoms. The van der Waals surface area contributed by atoms with Crippen molar-refractivity contribution in [1.82, 2.24) is 4.90 Å². The van der Waals surface area contributed by atoms with Gasteiger partial charge in [0.05, 0.1) is 0 Å². The van der Waals surface area contributed by atoms with E-state index in [0.29, 0.717) is 0 Å². The lowest BCUT2D eigenvalue weighted by Gasteiger charge is -2.15. The third-order valence-corrected chi connectivity index (χ3v) is 5.34. The Bertz CT molecular complexity index is 304. The maximum Gasteiger partial charge on any atom is 0.0219 e. The maximum absolute atomic E-state index is 2.36. The van der Waals surface area contributed by atoms with Crippen LogP contribution in [0.3, 0.4) is 0 Å². The zero-order valence-corrected chi connectivity index (χ0v) is 19.2. The highest BCUT2D eigenvalue weighted by Crippen LogP contribution is 2.14. The van der Waals surface area contributed by atoms with E-state index in [1.54, 1.807) is 0 Å². The lowest BCUT2D eigenvalue weighted by Crippen LogP contribution is -2.11. The van der Waals surface area contributed by atoms with Crippen molar-refractivity contribution in [1.29, 1.82) is 0 Å². The average Bonchev–Trinajstić information content (AvgIpc) is 2.69. The highest BCUT2D eigenvalue weighted by Gasteiger charge is 1.96. The number of rotatable bonds is 21. The summed E-state index contributed by atoms with van der Waals surface area (Å²) in [5, 5.41) is 0. The molecule has 160 valence electrons. The van der Waals surface area contributed by atoms with Crippen LogP contribution in [0.15, 0.2) is 24.6 Å². The van der Waals surface area contributed by atoms with Gasteiger partial charge in [0.2, 0.25) is 0 Å². The molecule has 0 spiro atoms. The van der Waals surface area contributed by atoms with Gasteiger partial charge in [-0.2, -0.15) is 0 Å². The molecular formula is C26H51N. The van der Waals surface area contributed by atoms with Gasteiger partial charge in [0.25, 0.3) is 0 Å². The first-order valence-electron chi connectivity index (χ1n) is 12.4. The Labute approximate surface area is 172 Å².